The van der Waals surface area contributed by atoms with Crippen LogP contribution in [0, 0.1) is 0 Å². The number of ether oxygens (including phenoxy) is 2. The molecule has 0 amide bonds. The summed E-state index contributed by atoms with van der Waals surface area (Å²) >= 11 is 0. The standard InChI is InChI=1S/C14H32N2O2/c1-6-7-13(2)15-12-14(3)16(8-10-17-4)9-11-18-5/h13-15H,6-12H2,1-5H3. The highest BCUT2D eigenvalue weighted by Crippen LogP contribution is 2.00. The summed E-state index contributed by atoms with van der Waals surface area (Å²) in [6.07, 6.45) is 2.47. The Bertz CT molecular complexity index is 171. The Balaban J connectivity index is 3.97. The summed E-state index contributed by atoms with van der Waals surface area (Å²) in [5.41, 5.74) is 0. The highest BCUT2D eigenvalue weighted by atomic mass is 16.5. The molecular formula is C14H32N2O2. The van der Waals surface area contributed by atoms with Crippen LogP contribution in [0.15, 0.2) is 0 Å². The Labute approximate surface area is 113 Å². The lowest BCUT2D eigenvalue weighted by molar-refractivity contribution is 0.0908. The number of hydrogen-bond donors (Lipinski definition) is 1. The maximum absolute atomic E-state index is 5.16. The molecule has 4 heteroatoms. The Morgan fingerprint density at radius 3 is 2.06 bits per heavy atom. The normalized spacial score (nSPS) is 15.0. The summed E-state index contributed by atoms with van der Waals surface area (Å²) in [6.45, 7) is 11.2. The monoisotopic (exact) mass is 260 g/mol. The van der Waals surface area contributed by atoms with Gasteiger partial charge in [-0.1, -0.05) is 13.3 Å². The molecule has 0 aliphatic heterocycles. The van der Waals surface area contributed by atoms with E-state index in [9.17, 15) is 0 Å². The van der Waals surface area contributed by atoms with E-state index in [2.05, 4.69) is 31.0 Å². The average molecular weight is 260 g/mol. The molecule has 0 bridgehead atoms. The summed E-state index contributed by atoms with van der Waals surface area (Å²) in [7, 11) is 3.50. The predicted octanol–water partition coefficient (Wildman–Crippen LogP) is 1.75. The summed E-state index contributed by atoms with van der Waals surface area (Å²) in [6, 6.07) is 1.11. The van der Waals surface area contributed by atoms with Gasteiger partial charge in [-0.15, -0.1) is 0 Å². The molecular weight excluding hydrogens is 228 g/mol. The molecule has 0 aromatic carbocycles. The average Bonchev–Trinajstić information content (AvgIpc) is 2.36. The van der Waals surface area contributed by atoms with Gasteiger partial charge in [-0.05, 0) is 20.3 Å². The topological polar surface area (TPSA) is 33.7 Å². The fourth-order valence-corrected chi connectivity index (χ4v) is 2.01. The van der Waals surface area contributed by atoms with Crippen molar-refractivity contribution in [3.8, 4) is 0 Å². The van der Waals surface area contributed by atoms with Gasteiger partial charge in [-0.3, -0.25) is 4.90 Å². The molecule has 0 aliphatic rings. The predicted molar refractivity (Wildman–Crippen MR) is 77.2 cm³/mol. The molecule has 0 heterocycles. The lowest BCUT2D eigenvalue weighted by atomic mass is 10.2. The van der Waals surface area contributed by atoms with Crippen molar-refractivity contribution in [1.82, 2.24) is 10.2 Å². The van der Waals surface area contributed by atoms with Crippen LogP contribution < -0.4 is 5.32 Å². The van der Waals surface area contributed by atoms with Crippen molar-refractivity contribution in [2.45, 2.75) is 45.7 Å². The van der Waals surface area contributed by atoms with Crippen LogP contribution in [-0.4, -0.2) is 64.1 Å². The van der Waals surface area contributed by atoms with E-state index >= 15 is 0 Å². The van der Waals surface area contributed by atoms with Gasteiger partial charge in [0.25, 0.3) is 0 Å². The first-order valence-electron chi connectivity index (χ1n) is 7.11. The number of hydrogen-bond acceptors (Lipinski definition) is 4. The van der Waals surface area contributed by atoms with E-state index in [1.165, 1.54) is 12.8 Å². The Morgan fingerprint density at radius 1 is 1.06 bits per heavy atom. The molecule has 0 fully saturated rings. The van der Waals surface area contributed by atoms with Crippen LogP contribution in [0.3, 0.4) is 0 Å². The zero-order chi connectivity index (χ0) is 13.8. The largest absolute Gasteiger partial charge is 0.383 e. The van der Waals surface area contributed by atoms with Crippen LogP contribution in [0.2, 0.25) is 0 Å². The van der Waals surface area contributed by atoms with Crippen molar-refractivity contribution in [2.24, 2.45) is 0 Å². The first-order valence-corrected chi connectivity index (χ1v) is 7.11. The minimum Gasteiger partial charge on any atom is -0.383 e. The van der Waals surface area contributed by atoms with Crippen molar-refractivity contribution >= 4 is 0 Å². The zero-order valence-electron chi connectivity index (χ0n) is 12.9. The van der Waals surface area contributed by atoms with Crippen LogP contribution in [0.5, 0.6) is 0 Å². The highest BCUT2D eigenvalue weighted by molar-refractivity contribution is 4.72. The molecule has 18 heavy (non-hydrogen) atoms. The molecule has 2 atom stereocenters. The fourth-order valence-electron chi connectivity index (χ4n) is 2.01. The van der Waals surface area contributed by atoms with Gasteiger partial charge in [0.05, 0.1) is 13.2 Å². The van der Waals surface area contributed by atoms with E-state index in [0.717, 1.165) is 32.8 Å². The smallest absolute Gasteiger partial charge is 0.0589 e. The summed E-state index contributed by atoms with van der Waals surface area (Å²) < 4.78 is 10.3. The molecule has 0 aliphatic carbocycles. The Morgan fingerprint density at radius 2 is 1.61 bits per heavy atom. The molecule has 0 saturated heterocycles. The van der Waals surface area contributed by atoms with E-state index in [-0.39, 0.29) is 0 Å². The van der Waals surface area contributed by atoms with Crippen LogP contribution >= 0.6 is 0 Å². The molecule has 1 N–H and O–H groups in total. The van der Waals surface area contributed by atoms with Crippen molar-refractivity contribution in [1.29, 1.82) is 0 Å². The number of nitrogens with zero attached hydrogens (tertiary/aromatic N) is 1. The van der Waals surface area contributed by atoms with Crippen molar-refractivity contribution < 1.29 is 9.47 Å². The van der Waals surface area contributed by atoms with E-state index in [1.54, 1.807) is 14.2 Å². The van der Waals surface area contributed by atoms with Gasteiger partial charge in [0.2, 0.25) is 0 Å². The molecule has 0 radical (unpaired) electrons. The van der Waals surface area contributed by atoms with Gasteiger partial charge in [-0.25, -0.2) is 0 Å². The molecule has 0 saturated carbocycles. The van der Waals surface area contributed by atoms with Crippen molar-refractivity contribution in [3.63, 3.8) is 0 Å². The van der Waals surface area contributed by atoms with Crippen molar-refractivity contribution in [2.75, 3.05) is 47.1 Å². The van der Waals surface area contributed by atoms with Gasteiger partial charge in [0.1, 0.15) is 0 Å². The molecule has 110 valence electrons. The lowest BCUT2D eigenvalue weighted by Crippen LogP contribution is -2.45. The van der Waals surface area contributed by atoms with E-state index in [4.69, 9.17) is 9.47 Å². The van der Waals surface area contributed by atoms with E-state index in [0.29, 0.717) is 12.1 Å². The number of rotatable bonds is 12. The maximum atomic E-state index is 5.16. The Kier molecular flexibility index (Phi) is 11.8. The fraction of sp³-hybridized carbons (Fsp3) is 1.00. The molecule has 0 aromatic heterocycles. The van der Waals surface area contributed by atoms with E-state index < -0.39 is 0 Å². The van der Waals surface area contributed by atoms with Crippen LogP contribution in [0.25, 0.3) is 0 Å². The van der Waals surface area contributed by atoms with E-state index in [1.807, 2.05) is 0 Å². The SMILES string of the molecule is CCCC(C)NCC(C)N(CCOC)CCOC. The van der Waals surface area contributed by atoms with Crippen LogP contribution in [0.4, 0.5) is 0 Å². The molecule has 0 spiro atoms. The lowest BCUT2D eigenvalue weighted by Gasteiger charge is -2.29. The highest BCUT2D eigenvalue weighted by Gasteiger charge is 2.13. The first kappa shape index (κ1) is 17.8. The third kappa shape index (κ3) is 8.86. The summed E-state index contributed by atoms with van der Waals surface area (Å²) in [5, 5.41) is 3.59. The van der Waals surface area contributed by atoms with Gasteiger partial charge < -0.3 is 14.8 Å². The van der Waals surface area contributed by atoms with Crippen LogP contribution in [-0.2, 0) is 9.47 Å². The minimum absolute atomic E-state index is 0.509. The van der Waals surface area contributed by atoms with Crippen molar-refractivity contribution in [3.05, 3.63) is 0 Å². The maximum Gasteiger partial charge on any atom is 0.0589 e. The van der Waals surface area contributed by atoms with Gasteiger partial charge in [-0.2, -0.15) is 0 Å². The van der Waals surface area contributed by atoms with Gasteiger partial charge in [0, 0.05) is 45.9 Å². The summed E-state index contributed by atoms with van der Waals surface area (Å²) in [4.78, 5) is 2.42. The second kappa shape index (κ2) is 11.9. The third-order valence-corrected chi connectivity index (χ3v) is 3.27. The quantitative estimate of drug-likeness (QED) is 0.579. The third-order valence-electron chi connectivity index (χ3n) is 3.27. The summed E-state index contributed by atoms with van der Waals surface area (Å²) in [5.74, 6) is 0. The number of methoxy groups -OCH3 is 2. The molecule has 0 rings (SSSR count). The van der Waals surface area contributed by atoms with Gasteiger partial charge in [0.15, 0.2) is 0 Å². The van der Waals surface area contributed by atoms with Crippen LogP contribution in [0.1, 0.15) is 33.6 Å². The zero-order valence-corrected chi connectivity index (χ0v) is 12.9. The Hall–Kier alpha value is -0.160. The molecule has 2 unspecified atom stereocenters. The second-order valence-corrected chi connectivity index (χ2v) is 4.97. The number of nitrogens with one attached hydrogen (secondary N) is 1. The molecule has 4 nitrogen and oxygen atoms in total. The van der Waals surface area contributed by atoms with Gasteiger partial charge >= 0.3 is 0 Å². The second-order valence-electron chi connectivity index (χ2n) is 4.97. The molecule has 0 aromatic rings. The first-order chi connectivity index (χ1) is 8.65. The minimum atomic E-state index is 0.509.